The van der Waals surface area contributed by atoms with Crippen LogP contribution in [0.3, 0.4) is 0 Å². The quantitative estimate of drug-likeness (QED) is 0.389. The summed E-state index contributed by atoms with van der Waals surface area (Å²) in [6.45, 7) is 0. The standard InChI is InChI=1S/C14H14O3/c1-16-12(15)10-5-9-6-11(10)14-8-3-2-7(4-8)13(9,14)17-14/h2-3,5,7-9,11H,4,6H2,1H3. The lowest BCUT2D eigenvalue weighted by molar-refractivity contribution is -0.137. The monoisotopic (exact) mass is 230 g/mol. The molecule has 4 bridgehead atoms. The average Bonchev–Trinajstić information content (AvgIpc) is 2.79. The van der Waals surface area contributed by atoms with Gasteiger partial charge in [0.2, 0.25) is 0 Å². The van der Waals surface area contributed by atoms with Gasteiger partial charge in [0.25, 0.3) is 0 Å². The number of epoxide rings is 1. The minimum atomic E-state index is -0.150. The molecule has 17 heavy (non-hydrogen) atoms. The Morgan fingerprint density at radius 1 is 1.29 bits per heavy atom. The first kappa shape index (κ1) is 8.92. The molecule has 0 radical (unpaired) electrons. The number of fused-ring (bicyclic) bond motifs is 4. The number of hydrogen-bond acceptors (Lipinski definition) is 3. The topological polar surface area (TPSA) is 38.8 Å². The molecule has 0 aromatic rings. The Hall–Kier alpha value is -1.09. The molecule has 5 rings (SSSR count). The van der Waals surface area contributed by atoms with Crippen molar-refractivity contribution in [2.75, 3.05) is 7.11 Å². The Morgan fingerprint density at radius 2 is 2.06 bits per heavy atom. The Labute approximate surface area is 99.5 Å². The largest absolute Gasteiger partial charge is 0.466 e. The van der Waals surface area contributed by atoms with E-state index in [4.69, 9.17) is 9.47 Å². The summed E-state index contributed by atoms with van der Waals surface area (Å²) in [4.78, 5) is 11.8. The first-order valence-electron chi connectivity index (χ1n) is 6.42. The number of ether oxygens (including phenoxy) is 2. The molecule has 88 valence electrons. The van der Waals surface area contributed by atoms with Crippen molar-refractivity contribution in [3.63, 3.8) is 0 Å². The normalized spacial score (nSPS) is 59.0. The molecule has 6 atom stereocenters. The molecule has 5 aliphatic rings. The third-order valence-corrected chi connectivity index (χ3v) is 5.83. The van der Waals surface area contributed by atoms with Gasteiger partial charge in [-0.05, 0) is 12.8 Å². The first-order chi connectivity index (χ1) is 8.24. The zero-order valence-electron chi connectivity index (χ0n) is 9.68. The van der Waals surface area contributed by atoms with E-state index >= 15 is 0 Å². The van der Waals surface area contributed by atoms with E-state index < -0.39 is 0 Å². The SMILES string of the molecule is COC(=O)C1=CC2CC1C13OC21C1C=CC3C1. The number of rotatable bonds is 1. The maximum atomic E-state index is 11.8. The average molecular weight is 230 g/mol. The summed E-state index contributed by atoms with van der Waals surface area (Å²) in [7, 11) is 1.47. The fourth-order valence-electron chi connectivity index (χ4n) is 5.38. The molecule has 0 N–H and O–H groups in total. The third kappa shape index (κ3) is 0.628. The Kier molecular flexibility index (Phi) is 1.17. The van der Waals surface area contributed by atoms with Gasteiger partial charge in [0.05, 0.1) is 7.11 Å². The van der Waals surface area contributed by atoms with Crippen LogP contribution < -0.4 is 0 Å². The molecule has 1 aliphatic heterocycles. The second kappa shape index (κ2) is 2.24. The number of esters is 1. The van der Waals surface area contributed by atoms with E-state index in [0.29, 0.717) is 23.7 Å². The second-order valence-corrected chi connectivity index (χ2v) is 6.03. The van der Waals surface area contributed by atoms with E-state index in [1.807, 2.05) is 0 Å². The molecule has 3 nitrogen and oxygen atoms in total. The molecule has 0 aromatic heterocycles. The summed E-state index contributed by atoms with van der Waals surface area (Å²) in [6.07, 6.45) is 9.11. The molecule has 0 spiro atoms. The highest BCUT2D eigenvalue weighted by Gasteiger charge is 2.90. The zero-order chi connectivity index (χ0) is 11.4. The Balaban J connectivity index is 1.66. The minimum Gasteiger partial charge on any atom is -0.466 e. The smallest absolute Gasteiger partial charge is 0.333 e. The Morgan fingerprint density at radius 3 is 2.82 bits per heavy atom. The van der Waals surface area contributed by atoms with Gasteiger partial charge in [-0.1, -0.05) is 18.2 Å². The fraction of sp³-hybridized carbons (Fsp3) is 0.643. The number of hydrogen-bond donors (Lipinski definition) is 0. The third-order valence-electron chi connectivity index (χ3n) is 5.83. The number of carbonyl (C=O) groups excluding carboxylic acids is 1. The fourth-order valence-corrected chi connectivity index (χ4v) is 5.38. The van der Waals surface area contributed by atoms with Crippen molar-refractivity contribution in [2.45, 2.75) is 24.0 Å². The van der Waals surface area contributed by atoms with Crippen molar-refractivity contribution < 1.29 is 14.3 Å². The Bertz CT molecular complexity index is 520. The van der Waals surface area contributed by atoms with Gasteiger partial charge in [-0.15, -0.1) is 0 Å². The highest BCUT2D eigenvalue weighted by molar-refractivity contribution is 5.91. The van der Waals surface area contributed by atoms with Crippen LogP contribution >= 0.6 is 0 Å². The van der Waals surface area contributed by atoms with Gasteiger partial charge < -0.3 is 9.47 Å². The van der Waals surface area contributed by atoms with Crippen LogP contribution in [-0.4, -0.2) is 24.3 Å². The minimum absolute atomic E-state index is 0.0185. The van der Waals surface area contributed by atoms with E-state index in [1.54, 1.807) is 0 Å². The summed E-state index contributed by atoms with van der Waals surface area (Å²) in [5.74, 6) is 1.72. The van der Waals surface area contributed by atoms with Crippen molar-refractivity contribution in [1.29, 1.82) is 0 Å². The maximum Gasteiger partial charge on any atom is 0.333 e. The van der Waals surface area contributed by atoms with Crippen molar-refractivity contribution in [3.8, 4) is 0 Å². The highest BCUT2D eigenvalue weighted by atomic mass is 16.6. The summed E-state index contributed by atoms with van der Waals surface area (Å²) in [6, 6.07) is 0. The molecule has 3 heteroatoms. The zero-order valence-corrected chi connectivity index (χ0v) is 9.68. The molecule has 1 saturated heterocycles. The highest BCUT2D eigenvalue weighted by Crippen LogP contribution is 2.82. The van der Waals surface area contributed by atoms with E-state index in [-0.39, 0.29) is 17.2 Å². The van der Waals surface area contributed by atoms with Crippen molar-refractivity contribution in [3.05, 3.63) is 23.8 Å². The van der Waals surface area contributed by atoms with Crippen LogP contribution in [0.1, 0.15) is 12.8 Å². The van der Waals surface area contributed by atoms with Crippen LogP contribution in [0.4, 0.5) is 0 Å². The van der Waals surface area contributed by atoms with Gasteiger partial charge in [-0.3, -0.25) is 0 Å². The van der Waals surface area contributed by atoms with Gasteiger partial charge in [-0.25, -0.2) is 4.79 Å². The first-order valence-corrected chi connectivity index (χ1v) is 6.42. The van der Waals surface area contributed by atoms with E-state index in [1.165, 1.54) is 13.5 Å². The van der Waals surface area contributed by atoms with Crippen molar-refractivity contribution in [1.82, 2.24) is 0 Å². The predicted molar refractivity (Wildman–Crippen MR) is 59.0 cm³/mol. The van der Waals surface area contributed by atoms with Gasteiger partial charge >= 0.3 is 5.97 Å². The lowest BCUT2D eigenvalue weighted by Gasteiger charge is -2.24. The van der Waals surface area contributed by atoms with Gasteiger partial charge in [0.1, 0.15) is 11.2 Å². The molecule has 3 fully saturated rings. The van der Waals surface area contributed by atoms with Crippen molar-refractivity contribution in [2.24, 2.45) is 23.7 Å². The molecule has 1 heterocycles. The molecule has 4 aliphatic carbocycles. The lowest BCUT2D eigenvalue weighted by atomic mass is 9.74. The maximum absolute atomic E-state index is 11.8. The van der Waals surface area contributed by atoms with Crippen LogP contribution in [0.25, 0.3) is 0 Å². The second-order valence-electron chi connectivity index (χ2n) is 6.03. The van der Waals surface area contributed by atoms with E-state index in [0.717, 1.165) is 12.0 Å². The molecule has 0 amide bonds. The van der Waals surface area contributed by atoms with Crippen LogP contribution in [0, 0.1) is 23.7 Å². The van der Waals surface area contributed by atoms with Crippen molar-refractivity contribution >= 4 is 5.97 Å². The predicted octanol–water partition coefficient (Wildman–Crippen LogP) is 1.45. The van der Waals surface area contributed by atoms with Gasteiger partial charge in [0.15, 0.2) is 0 Å². The molecular formula is C14H14O3. The lowest BCUT2D eigenvalue weighted by Crippen LogP contribution is -2.37. The van der Waals surface area contributed by atoms with Gasteiger partial charge in [0, 0.05) is 29.2 Å². The molecular weight excluding hydrogens is 216 g/mol. The van der Waals surface area contributed by atoms with Crippen LogP contribution in [0.5, 0.6) is 0 Å². The summed E-state index contributed by atoms with van der Waals surface area (Å²) in [5.41, 5.74) is 0.941. The molecule has 2 saturated carbocycles. The summed E-state index contributed by atoms with van der Waals surface area (Å²) in [5, 5.41) is 0. The van der Waals surface area contributed by atoms with Crippen LogP contribution in [-0.2, 0) is 14.3 Å². The summed E-state index contributed by atoms with van der Waals surface area (Å²) >= 11 is 0. The van der Waals surface area contributed by atoms with Crippen LogP contribution in [0.15, 0.2) is 23.8 Å². The molecule has 6 unspecified atom stereocenters. The molecule has 0 aromatic carbocycles. The number of carbonyl (C=O) groups is 1. The van der Waals surface area contributed by atoms with E-state index in [2.05, 4.69) is 18.2 Å². The summed E-state index contributed by atoms with van der Waals surface area (Å²) < 4.78 is 11.1. The van der Waals surface area contributed by atoms with Crippen LogP contribution in [0.2, 0.25) is 0 Å². The number of methoxy groups -OCH3 is 1. The van der Waals surface area contributed by atoms with E-state index in [9.17, 15) is 4.79 Å². The van der Waals surface area contributed by atoms with Gasteiger partial charge in [-0.2, -0.15) is 0 Å².